The smallest absolute Gasteiger partial charge is 0.269 e. The minimum atomic E-state index is -0.403. The van der Waals surface area contributed by atoms with E-state index in [1.54, 1.807) is 12.1 Å². The number of piperazine rings is 1. The highest BCUT2D eigenvalue weighted by atomic mass is 16.6. The van der Waals surface area contributed by atoms with Crippen LogP contribution in [0.2, 0.25) is 0 Å². The van der Waals surface area contributed by atoms with Crippen LogP contribution in [-0.4, -0.2) is 77.7 Å². The van der Waals surface area contributed by atoms with E-state index < -0.39 is 4.92 Å². The van der Waals surface area contributed by atoms with Crippen molar-refractivity contribution >= 4 is 17.3 Å². The summed E-state index contributed by atoms with van der Waals surface area (Å²) in [5, 5.41) is 20.2. The van der Waals surface area contributed by atoms with E-state index >= 15 is 0 Å². The molecule has 25 heavy (non-hydrogen) atoms. The van der Waals surface area contributed by atoms with Crippen LogP contribution >= 0.6 is 0 Å². The van der Waals surface area contributed by atoms with E-state index in [1.807, 2.05) is 4.90 Å². The Kier molecular flexibility index (Phi) is 5.50. The van der Waals surface area contributed by atoms with Gasteiger partial charge < -0.3 is 14.9 Å². The lowest BCUT2D eigenvalue weighted by Crippen LogP contribution is -2.52. The van der Waals surface area contributed by atoms with E-state index in [1.165, 1.54) is 12.1 Å². The van der Waals surface area contributed by atoms with Crippen LogP contribution in [0.5, 0.6) is 0 Å². The average Bonchev–Trinajstić information content (AvgIpc) is 2.64. The third-order valence-corrected chi connectivity index (χ3v) is 4.97. The van der Waals surface area contributed by atoms with E-state index in [-0.39, 0.29) is 17.7 Å². The van der Waals surface area contributed by atoms with Crippen LogP contribution in [0.3, 0.4) is 0 Å². The summed E-state index contributed by atoms with van der Waals surface area (Å²) < 4.78 is 0. The summed E-state index contributed by atoms with van der Waals surface area (Å²) >= 11 is 0. The Morgan fingerprint density at radius 3 is 2.24 bits per heavy atom. The quantitative estimate of drug-likeness (QED) is 0.636. The van der Waals surface area contributed by atoms with Crippen LogP contribution in [0.1, 0.15) is 12.8 Å². The summed E-state index contributed by atoms with van der Waals surface area (Å²) in [7, 11) is 0. The summed E-state index contributed by atoms with van der Waals surface area (Å²) in [6.45, 7) is 4.73. The fraction of sp³-hybridized carbons (Fsp3) is 0.588. The zero-order valence-electron chi connectivity index (χ0n) is 14.2. The Hall–Kier alpha value is -2.19. The number of carbonyl (C=O) groups is 1. The molecule has 1 N–H and O–H groups in total. The standard InChI is InChI=1S/C17H24N4O4/c22-16-5-7-18(8-6-16)13-17(23)20-11-9-19(10-12-20)14-1-3-15(4-2-14)21(24)25/h1-4,16,22H,5-13H2. The van der Waals surface area contributed by atoms with Crippen molar-refractivity contribution < 1.29 is 14.8 Å². The zero-order valence-corrected chi connectivity index (χ0v) is 14.2. The first-order valence-electron chi connectivity index (χ1n) is 8.70. The van der Waals surface area contributed by atoms with Crippen molar-refractivity contribution in [3.8, 4) is 0 Å². The summed E-state index contributed by atoms with van der Waals surface area (Å²) in [5.41, 5.74) is 1.03. The molecule has 1 amide bonds. The van der Waals surface area contributed by atoms with Gasteiger partial charge in [-0.25, -0.2) is 0 Å². The highest BCUT2D eigenvalue weighted by molar-refractivity contribution is 5.78. The predicted molar refractivity (Wildman–Crippen MR) is 93.6 cm³/mol. The van der Waals surface area contributed by atoms with Gasteiger partial charge in [0.05, 0.1) is 17.6 Å². The largest absolute Gasteiger partial charge is 0.393 e. The molecule has 1 aromatic carbocycles. The van der Waals surface area contributed by atoms with E-state index in [2.05, 4.69) is 9.80 Å². The Bertz CT molecular complexity index is 606. The summed E-state index contributed by atoms with van der Waals surface area (Å²) in [4.78, 5) is 28.9. The number of anilines is 1. The average molecular weight is 348 g/mol. The Morgan fingerprint density at radius 1 is 1.08 bits per heavy atom. The zero-order chi connectivity index (χ0) is 17.8. The molecule has 0 atom stereocenters. The number of piperidine rings is 1. The van der Waals surface area contributed by atoms with E-state index in [9.17, 15) is 20.0 Å². The van der Waals surface area contributed by atoms with E-state index in [0.29, 0.717) is 19.6 Å². The molecule has 2 heterocycles. The predicted octanol–water partition coefficient (Wildman–Crippen LogP) is 0.700. The number of hydrogen-bond donors (Lipinski definition) is 1. The number of likely N-dealkylation sites (tertiary alicyclic amines) is 1. The molecule has 0 spiro atoms. The SMILES string of the molecule is O=C(CN1CCC(O)CC1)N1CCN(c2ccc([N+](=O)[O-])cc2)CC1. The monoisotopic (exact) mass is 348 g/mol. The maximum Gasteiger partial charge on any atom is 0.269 e. The molecule has 1 aromatic rings. The topological polar surface area (TPSA) is 90.2 Å². The molecule has 0 saturated carbocycles. The van der Waals surface area contributed by atoms with E-state index in [4.69, 9.17) is 0 Å². The number of nitro benzene ring substituents is 1. The number of non-ortho nitro benzene ring substituents is 1. The van der Waals surface area contributed by atoms with Gasteiger partial charge in [-0.1, -0.05) is 0 Å². The molecule has 2 aliphatic heterocycles. The van der Waals surface area contributed by atoms with Crippen LogP contribution in [0.25, 0.3) is 0 Å². The number of aliphatic hydroxyl groups excluding tert-OH is 1. The highest BCUT2D eigenvalue weighted by Crippen LogP contribution is 2.20. The second-order valence-corrected chi connectivity index (χ2v) is 6.65. The number of nitro groups is 1. The molecule has 0 radical (unpaired) electrons. The number of nitrogens with zero attached hydrogens (tertiary/aromatic N) is 4. The van der Waals surface area contributed by atoms with Gasteiger partial charge in [0.15, 0.2) is 0 Å². The molecule has 0 unspecified atom stereocenters. The van der Waals surface area contributed by atoms with E-state index in [0.717, 1.165) is 44.7 Å². The molecule has 2 aliphatic rings. The molecule has 3 rings (SSSR count). The molecular formula is C17H24N4O4. The molecule has 8 nitrogen and oxygen atoms in total. The fourth-order valence-corrected chi connectivity index (χ4v) is 3.37. The van der Waals surface area contributed by atoms with Crippen molar-refractivity contribution in [2.24, 2.45) is 0 Å². The first-order chi connectivity index (χ1) is 12.0. The maximum absolute atomic E-state index is 12.4. The van der Waals surface area contributed by atoms with Gasteiger partial charge in [0.2, 0.25) is 5.91 Å². The van der Waals surface area contributed by atoms with Gasteiger partial charge in [0.25, 0.3) is 5.69 Å². The molecule has 2 fully saturated rings. The molecule has 0 aromatic heterocycles. The number of aliphatic hydroxyl groups is 1. The third-order valence-electron chi connectivity index (χ3n) is 4.97. The number of benzene rings is 1. The lowest BCUT2D eigenvalue weighted by molar-refractivity contribution is -0.384. The molecule has 136 valence electrons. The fourth-order valence-electron chi connectivity index (χ4n) is 3.37. The molecular weight excluding hydrogens is 324 g/mol. The van der Waals surface area contributed by atoms with Crippen molar-refractivity contribution in [2.75, 3.05) is 50.7 Å². The number of hydrogen-bond acceptors (Lipinski definition) is 6. The van der Waals surface area contributed by atoms with Gasteiger partial charge >= 0.3 is 0 Å². The van der Waals surface area contributed by atoms with Crippen LogP contribution < -0.4 is 4.90 Å². The van der Waals surface area contributed by atoms with Crippen molar-refractivity contribution in [3.63, 3.8) is 0 Å². The van der Waals surface area contributed by atoms with Crippen LogP contribution in [0.4, 0.5) is 11.4 Å². The lowest BCUT2D eigenvalue weighted by Gasteiger charge is -2.37. The second-order valence-electron chi connectivity index (χ2n) is 6.65. The Labute approximate surface area is 146 Å². The number of rotatable bonds is 4. The Balaban J connectivity index is 1.48. The van der Waals surface area contributed by atoms with Crippen LogP contribution in [0, 0.1) is 10.1 Å². The summed E-state index contributed by atoms with van der Waals surface area (Å²) in [6.07, 6.45) is 1.25. The third kappa shape index (κ3) is 4.46. The minimum absolute atomic E-state index is 0.0872. The first-order valence-corrected chi connectivity index (χ1v) is 8.70. The molecule has 2 saturated heterocycles. The van der Waals surface area contributed by atoms with Crippen molar-refractivity contribution in [2.45, 2.75) is 18.9 Å². The van der Waals surface area contributed by atoms with Gasteiger partial charge in [-0.15, -0.1) is 0 Å². The van der Waals surface area contributed by atoms with Gasteiger partial charge in [-0.3, -0.25) is 19.8 Å². The van der Waals surface area contributed by atoms with Crippen molar-refractivity contribution in [1.82, 2.24) is 9.80 Å². The highest BCUT2D eigenvalue weighted by Gasteiger charge is 2.25. The molecule has 8 heteroatoms. The summed E-state index contributed by atoms with van der Waals surface area (Å²) in [5.74, 6) is 0.139. The van der Waals surface area contributed by atoms with Crippen LogP contribution in [0.15, 0.2) is 24.3 Å². The summed E-state index contributed by atoms with van der Waals surface area (Å²) in [6, 6.07) is 6.54. The lowest BCUT2D eigenvalue weighted by atomic mass is 10.1. The van der Waals surface area contributed by atoms with Crippen molar-refractivity contribution in [1.29, 1.82) is 0 Å². The number of amides is 1. The van der Waals surface area contributed by atoms with Gasteiger partial charge in [0.1, 0.15) is 0 Å². The normalized spacial score (nSPS) is 19.9. The van der Waals surface area contributed by atoms with Gasteiger partial charge in [-0.05, 0) is 25.0 Å². The first kappa shape index (κ1) is 17.6. The molecule has 0 aliphatic carbocycles. The van der Waals surface area contributed by atoms with Gasteiger partial charge in [0, 0.05) is 57.1 Å². The number of carbonyl (C=O) groups excluding carboxylic acids is 1. The maximum atomic E-state index is 12.4. The van der Waals surface area contributed by atoms with Crippen LogP contribution in [-0.2, 0) is 4.79 Å². The minimum Gasteiger partial charge on any atom is -0.393 e. The second kappa shape index (κ2) is 7.79. The van der Waals surface area contributed by atoms with Gasteiger partial charge in [-0.2, -0.15) is 0 Å². The molecule has 0 bridgehead atoms. The Morgan fingerprint density at radius 2 is 1.68 bits per heavy atom. The van der Waals surface area contributed by atoms with Crippen molar-refractivity contribution in [3.05, 3.63) is 34.4 Å².